The molecule has 5 heteroatoms. The lowest BCUT2D eigenvalue weighted by molar-refractivity contribution is -0.107. The van der Waals surface area contributed by atoms with Crippen LogP contribution in [0.4, 0.5) is 0 Å². The topological polar surface area (TPSA) is 56.8 Å². The van der Waals surface area contributed by atoms with Gasteiger partial charge in [0, 0.05) is 6.54 Å². The minimum Gasteiger partial charge on any atom is -0.493 e. The van der Waals surface area contributed by atoms with Crippen LogP contribution in [-0.4, -0.2) is 33.3 Å². The van der Waals surface area contributed by atoms with Gasteiger partial charge in [0.15, 0.2) is 11.5 Å². The Morgan fingerprint density at radius 3 is 2.56 bits per heavy atom. The van der Waals surface area contributed by atoms with E-state index in [0.717, 1.165) is 25.2 Å². The number of aldehydes is 1. The van der Waals surface area contributed by atoms with E-state index in [9.17, 15) is 4.79 Å². The average molecular weight is 380 g/mol. The lowest BCUT2D eigenvalue weighted by Gasteiger charge is -2.14. The van der Waals surface area contributed by atoms with Crippen LogP contribution in [0.1, 0.15) is 59.3 Å². The Labute approximate surface area is 164 Å². The van der Waals surface area contributed by atoms with Gasteiger partial charge in [-0.3, -0.25) is 0 Å². The number of rotatable bonds is 14. The van der Waals surface area contributed by atoms with Gasteiger partial charge in [0.25, 0.3) is 0 Å². The first-order valence-electron chi connectivity index (χ1n) is 10.1. The maximum atomic E-state index is 10.6. The normalized spacial score (nSPS) is 18.6. The largest absolute Gasteiger partial charge is 0.493 e. The van der Waals surface area contributed by atoms with E-state index in [1.54, 1.807) is 7.11 Å². The molecule has 0 radical (unpaired) electrons. The number of allylic oxidation sites excluding steroid dienone is 2. The zero-order valence-corrected chi connectivity index (χ0v) is 17.5. The van der Waals surface area contributed by atoms with Crippen LogP contribution in [0.3, 0.4) is 0 Å². The van der Waals surface area contributed by atoms with Gasteiger partial charge in [0.2, 0.25) is 12.6 Å². The number of hydrogen-bond acceptors (Lipinski definition) is 5. The highest BCUT2D eigenvalue weighted by Crippen LogP contribution is 2.26. The number of ether oxygens (including phenoxy) is 3. The smallest absolute Gasteiger partial charge is 0.231 e. The molecule has 0 saturated carbocycles. The molecule has 1 fully saturated rings. The van der Waals surface area contributed by atoms with Crippen LogP contribution in [0.5, 0.6) is 0 Å². The lowest BCUT2D eigenvalue weighted by atomic mass is 9.98. The minimum absolute atomic E-state index is 0.219. The molecule has 1 atom stereocenters. The number of hydrogen-bond donors (Lipinski definition) is 1. The molecule has 1 N–H and O–H groups in total. The molecule has 1 aliphatic rings. The highest BCUT2D eigenvalue weighted by atomic mass is 16.7. The van der Waals surface area contributed by atoms with E-state index < -0.39 is 0 Å². The fourth-order valence-corrected chi connectivity index (χ4v) is 3.06. The molecule has 5 nitrogen and oxygen atoms in total. The molecule has 0 aromatic carbocycles. The molecule has 1 aliphatic heterocycles. The first-order chi connectivity index (χ1) is 13.1. The first kappa shape index (κ1) is 23.3. The summed E-state index contributed by atoms with van der Waals surface area (Å²) in [5.41, 5.74) is 0. The van der Waals surface area contributed by atoms with Crippen LogP contribution in [0.2, 0.25) is 0 Å². The highest BCUT2D eigenvalue weighted by Gasteiger charge is 2.20. The van der Waals surface area contributed by atoms with Gasteiger partial charge in [-0.1, -0.05) is 52.0 Å². The third-order valence-corrected chi connectivity index (χ3v) is 4.61. The second-order valence-corrected chi connectivity index (χ2v) is 7.29. The van der Waals surface area contributed by atoms with Gasteiger partial charge in [-0.05, 0) is 37.3 Å². The van der Waals surface area contributed by atoms with Crippen molar-refractivity contribution >= 4 is 6.29 Å². The van der Waals surface area contributed by atoms with Gasteiger partial charge in [0.1, 0.15) is 6.29 Å². The molecule has 1 unspecified atom stereocenters. The zero-order valence-electron chi connectivity index (χ0n) is 17.5. The molecule has 0 aromatic rings. The summed E-state index contributed by atoms with van der Waals surface area (Å²) < 4.78 is 16.4. The summed E-state index contributed by atoms with van der Waals surface area (Å²) in [4.78, 5) is 10.6. The van der Waals surface area contributed by atoms with Crippen LogP contribution >= 0.6 is 0 Å². The molecular weight excluding hydrogens is 342 g/mol. The average Bonchev–Trinajstić information content (AvgIpc) is 3.13. The van der Waals surface area contributed by atoms with E-state index in [2.05, 4.69) is 25.2 Å². The third-order valence-electron chi connectivity index (χ3n) is 4.61. The van der Waals surface area contributed by atoms with E-state index in [4.69, 9.17) is 14.2 Å². The van der Waals surface area contributed by atoms with Crippen LogP contribution in [0.15, 0.2) is 35.5 Å². The van der Waals surface area contributed by atoms with Crippen molar-refractivity contribution < 1.29 is 19.0 Å². The molecule has 27 heavy (non-hydrogen) atoms. The van der Waals surface area contributed by atoms with Crippen LogP contribution in [0.25, 0.3) is 0 Å². The number of nitrogens with one attached hydrogen (secondary N) is 1. The molecule has 0 amide bonds. The number of unbranched alkanes of at least 4 members (excludes halogenated alkanes) is 3. The van der Waals surface area contributed by atoms with Crippen molar-refractivity contribution in [3.05, 3.63) is 35.5 Å². The van der Waals surface area contributed by atoms with Crippen molar-refractivity contribution in [1.29, 1.82) is 0 Å². The fourth-order valence-electron chi connectivity index (χ4n) is 3.06. The number of methoxy groups -OCH3 is 1. The maximum Gasteiger partial charge on any atom is 0.231 e. The molecule has 1 rings (SSSR count). The lowest BCUT2D eigenvalue weighted by Crippen LogP contribution is -2.23. The van der Waals surface area contributed by atoms with Crippen molar-refractivity contribution in [2.45, 2.75) is 59.3 Å². The van der Waals surface area contributed by atoms with E-state index in [1.807, 2.05) is 19.1 Å². The van der Waals surface area contributed by atoms with Crippen molar-refractivity contribution in [3.8, 4) is 0 Å². The molecule has 0 bridgehead atoms. The van der Waals surface area contributed by atoms with E-state index >= 15 is 0 Å². The van der Waals surface area contributed by atoms with Gasteiger partial charge in [-0.25, -0.2) is 0 Å². The quantitative estimate of drug-likeness (QED) is 0.269. The Balaban J connectivity index is 2.59. The molecule has 0 aromatic heterocycles. The molecule has 154 valence electrons. The third kappa shape index (κ3) is 9.66. The Hall–Kier alpha value is -1.75. The van der Waals surface area contributed by atoms with Crippen molar-refractivity contribution in [2.24, 2.45) is 11.8 Å². The van der Waals surface area contributed by atoms with Crippen molar-refractivity contribution in [1.82, 2.24) is 5.32 Å². The number of carbonyl (C=O) groups excluding carboxylic acids is 1. The molecular formula is C22H37NO4. The zero-order chi connectivity index (χ0) is 19.9. The minimum atomic E-state index is 0.219. The van der Waals surface area contributed by atoms with Crippen LogP contribution < -0.4 is 5.32 Å². The number of carbonyl (C=O) groups is 1. The molecule has 0 spiro atoms. The van der Waals surface area contributed by atoms with Crippen LogP contribution in [0, 0.1) is 11.8 Å². The second-order valence-electron chi connectivity index (χ2n) is 7.29. The Morgan fingerprint density at radius 1 is 1.19 bits per heavy atom. The van der Waals surface area contributed by atoms with E-state index in [-0.39, 0.29) is 6.79 Å². The summed E-state index contributed by atoms with van der Waals surface area (Å²) in [6, 6.07) is 0. The van der Waals surface area contributed by atoms with E-state index in [0.29, 0.717) is 29.7 Å². The molecule has 1 saturated heterocycles. The predicted molar refractivity (Wildman–Crippen MR) is 109 cm³/mol. The van der Waals surface area contributed by atoms with Gasteiger partial charge < -0.3 is 24.3 Å². The second kappa shape index (κ2) is 14.3. The molecule has 0 aliphatic carbocycles. The fraction of sp³-hybridized carbons (Fsp3) is 0.682. The predicted octanol–water partition coefficient (Wildman–Crippen LogP) is 4.71. The monoisotopic (exact) mass is 379 g/mol. The van der Waals surface area contributed by atoms with Crippen LogP contribution in [-0.2, 0) is 19.0 Å². The summed E-state index contributed by atoms with van der Waals surface area (Å²) >= 11 is 0. The Kier molecular flexibility index (Phi) is 12.4. The van der Waals surface area contributed by atoms with Crippen molar-refractivity contribution in [2.75, 3.05) is 27.0 Å². The first-order valence-corrected chi connectivity index (χ1v) is 10.1. The highest BCUT2D eigenvalue weighted by molar-refractivity contribution is 5.51. The Morgan fingerprint density at radius 2 is 1.93 bits per heavy atom. The summed E-state index contributed by atoms with van der Waals surface area (Å²) in [7, 11) is 1.63. The van der Waals surface area contributed by atoms with Gasteiger partial charge in [-0.2, -0.15) is 0 Å². The summed E-state index contributed by atoms with van der Waals surface area (Å²) in [6.07, 6.45) is 14.3. The molecule has 1 heterocycles. The van der Waals surface area contributed by atoms with E-state index in [1.165, 1.54) is 32.1 Å². The Bertz CT molecular complexity index is 508. The SMILES string of the molecule is C/C=C1/OCO/C1=C(/C=C/C(CCCCCCC(C)C)CNCC=O)OC. The summed E-state index contributed by atoms with van der Waals surface area (Å²) in [5, 5.41) is 3.19. The van der Waals surface area contributed by atoms with Gasteiger partial charge >= 0.3 is 0 Å². The summed E-state index contributed by atoms with van der Waals surface area (Å²) in [6.45, 7) is 7.85. The maximum absolute atomic E-state index is 10.6. The van der Waals surface area contributed by atoms with Gasteiger partial charge in [-0.15, -0.1) is 0 Å². The van der Waals surface area contributed by atoms with Gasteiger partial charge in [0.05, 0.1) is 13.7 Å². The summed E-state index contributed by atoms with van der Waals surface area (Å²) in [5.74, 6) is 3.15. The standard InChI is InChI=1S/C22H37NO4/c1-5-20-22(27-17-26-20)21(25-4)13-12-19(16-23-14-15-24)11-9-7-6-8-10-18(2)3/h5,12-13,15,18-19,23H,6-11,14,16-17H2,1-4H3/b13-12+,20-5+,22-21-. The van der Waals surface area contributed by atoms with Crippen molar-refractivity contribution in [3.63, 3.8) is 0 Å².